The Bertz CT molecular complexity index is 1560. The third-order valence-electron chi connectivity index (χ3n) is 6.42. The van der Waals surface area contributed by atoms with Crippen molar-refractivity contribution in [3.8, 4) is 11.3 Å². The maximum atomic E-state index is 13.7. The van der Waals surface area contributed by atoms with Crippen LogP contribution >= 0.6 is 0 Å². The normalized spacial score (nSPS) is 16.5. The highest BCUT2D eigenvalue weighted by Gasteiger charge is 2.44. The van der Waals surface area contributed by atoms with Gasteiger partial charge < -0.3 is 15.1 Å². The van der Waals surface area contributed by atoms with Crippen LogP contribution in [0.15, 0.2) is 126 Å². The van der Waals surface area contributed by atoms with E-state index in [1.54, 1.807) is 24.3 Å². The Balaban J connectivity index is 1.58. The van der Waals surface area contributed by atoms with Gasteiger partial charge in [0.25, 0.3) is 5.91 Å². The number of hydrogen-bond donors (Lipinski definition) is 2. The van der Waals surface area contributed by atoms with Gasteiger partial charge in [-0.05, 0) is 18.2 Å². The number of para-hydroxylation sites is 1. The Morgan fingerprint density at radius 1 is 0.694 bits per heavy atom. The molecule has 174 valence electrons. The number of furan rings is 1. The Hall–Kier alpha value is -4.90. The first-order chi connectivity index (χ1) is 17.7. The third kappa shape index (κ3) is 3.58. The van der Waals surface area contributed by atoms with Crippen LogP contribution in [0.3, 0.4) is 0 Å². The minimum atomic E-state index is -1.22. The molecule has 0 saturated heterocycles. The topological polar surface area (TPSA) is 71.3 Å². The van der Waals surface area contributed by atoms with Crippen LogP contribution in [0.2, 0.25) is 0 Å². The molecule has 1 aliphatic heterocycles. The molecule has 5 nitrogen and oxygen atoms in total. The van der Waals surface area contributed by atoms with Crippen molar-refractivity contribution in [2.24, 2.45) is 0 Å². The van der Waals surface area contributed by atoms with Crippen molar-refractivity contribution in [1.29, 1.82) is 0 Å². The highest BCUT2D eigenvalue weighted by molar-refractivity contribution is 6.12. The number of carbonyl (C=O) groups is 2. The molecule has 1 aliphatic rings. The lowest BCUT2D eigenvalue weighted by atomic mass is 9.91. The Kier molecular flexibility index (Phi) is 5.23. The van der Waals surface area contributed by atoms with Crippen molar-refractivity contribution in [3.63, 3.8) is 0 Å². The Morgan fingerprint density at radius 3 is 2.03 bits per heavy atom. The number of anilines is 1. The Labute approximate surface area is 208 Å². The summed E-state index contributed by atoms with van der Waals surface area (Å²) in [5, 5.41) is 6.64. The van der Waals surface area contributed by atoms with E-state index in [0.717, 1.165) is 11.1 Å². The number of benzene rings is 4. The SMILES string of the molecule is O=C1N[C@](c2ccccc2)(c2cc(C(=O)c3ccccc3)c(-c3ccccc3)o2)Nc2ccccc21. The second kappa shape index (κ2) is 8.71. The van der Waals surface area contributed by atoms with Crippen LogP contribution in [0.25, 0.3) is 11.3 Å². The number of carbonyl (C=O) groups excluding carboxylic acids is 2. The van der Waals surface area contributed by atoms with Gasteiger partial charge in [-0.25, -0.2) is 0 Å². The van der Waals surface area contributed by atoms with E-state index in [-0.39, 0.29) is 11.7 Å². The fraction of sp³-hybridized carbons (Fsp3) is 0.0323. The number of ketones is 1. The molecule has 1 atom stereocenters. The Morgan fingerprint density at radius 2 is 1.31 bits per heavy atom. The van der Waals surface area contributed by atoms with E-state index >= 15 is 0 Å². The molecule has 0 aliphatic carbocycles. The van der Waals surface area contributed by atoms with Crippen LogP contribution in [-0.2, 0) is 5.66 Å². The maximum Gasteiger partial charge on any atom is 0.255 e. The molecule has 6 rings (SSSR count). The molecule has 0 unspecified atom stereocenters. The zero-order valence-corrected chi connectivity index (χ0v) is 19.3. The molecule has 0 spiro atoms. The summed E-state index contributed by atoms with van der Waals surface area (Å²) in [7, 11) is 0. The predicted octanol–water partition coefficient (Wildman–Crippen LogP) is 6.23. The molecule has 2 heterocycles. The van der Waals surface area contributed by atoms with Gasteiger partial charge in [-0.3, -0.25) is 9.59 Å². The van der Waals surface area contributed by atoms with Gasteiger partial charge in [-0.15, -0.1) is 0 Å². The van der Waals surface area contributed by atoms with Crippen LogP contribution in [0.4, 0.5) is 5.69 Å². The van der Waals surface area contributed by atoms with Gasteiger partial charge in [0, 0.05) is 22.4 Å². The lowest BCUT2D eigenvalue weighted by Gasteiger charge is -2.39. The van der Waals surface area contributed by atoms with Crippen molar-refractivity contribution < 1.29 is 14.0 Å². The van der Waals surface area contributed by atoms with Gasteiger partial charge in [0.15, 0.2) is 17.2 Å². The van der Waals surface area contributed by atoms with Crippen molar-refractivity contribution in [2.45, 2.75) is 5.66 Å². The van der Waals surface area contributed by atoms with Gasteiger partial charge in [-0.1, -0.05) is 103 Å². The van der Waals surface area contributed by atoms with Crippen molar-refractivity contribution in [3.05, 3.63) is 149 Å². The van der Waals surface area contributed by atoms with Crippen molar-refractivity contribution in [1.82, 2.24) is 5.32 Å². The minimum Gasteiger partial charge on any atom is -0.455 e. The number of fused-ring (bicyclic) bond motifs is 1. The fourth-order valence-electron chi connectivity index (χ4n) is 4.65. The van der Waals surface area contributed by atoms with Gasteiger partial charge in [0.05, 0.1) is 11.1 Å². The standard InChI is InChI=1S/C31H22N2O3/c34-28(21-12-4-1-5-13-21)25-20-27(36-29(25)22-14-6-2-7-15-22)31(23-16-8-3-9-17-23)32-26-19-11-10-18-24(26)30(35)33-31/h1-20,32H,(H,33,35)/t31-/m1/s1. The fourth-order valence-corrected chi connectivity index (χ4v) is 4.65. The van der Waals surface area contributed by atoms with Gasteiger partial charge in [0.1, 0.15) is 5.76 Å². The molecule has 0 fully saturated rings. The maximum absolute atomic E-state index is 13.7. The summed E-state index contributed by atoms with van der Waals surface area (Å²) in [6.45, 7) is 0. The van der Waals surface area contributed by atoms with Crippen LogP contribution in [0.5, 0.6) is 0 Å². The molecule has 1 aromatic heterocycles. The molecule has 0 saturated carbocycles. The summed E-state index contributed by atoms with van der Waals surface area (Å²) < 4.78 is 6.51. The van der Waals surface area contributed by atoms with Crippen molar-refractivity contribution in [2.75, 3.05) is 5.32 Å². The van der Waals surface area contributed by atoms with Crippen LogP contribution < -0.4 is 10.6 Å². The van der Waals surface area contributed by atoms with Gasteiger partial charge >= 0.3 is 0 Å². The molecule has 5 aromatic rings. The predicted molar refractivity (Wildman–Crippen MR) is 139 cm³/mol. The van der Waals surface area contributed by atoms with E-state index in [1.165, 1.54) is 0 Å². The number of hydrogen-bond acceptors (Lipinski definition) is 4. The van der Waals surface area contributed by atoms with Crippen LogP contribution in [-0.4, -0.2) is 11.7 Å². The smallest absolute Gasteiger partial charge is 0.255 e. The largest absolute Gasteiger partial charge is 0.455 e. The highest BCUT2D eigenvalue weighted by atomic mass is 16.3. The highest BCUT2D eigenvalue weighted by Crippen LogP contribution is 2.40. The van der Waals surface area contributed by atoms with E-state index in [1.807, 2.05) is 97.1 Å². The van der Waals surface area contributed by atoms with E-state index < -0.39 is 5.66 Å². The zero-order valence-electron chi connectivity index (χ0n) is 19.3. The molecule has 36 heavy (non-hydrogen) atoms. The monoisotopic (exact) mass is 470 g/mol. The van der Waals surface area contributed by atoms with Crippen LogP contribution in [0, 0.1) is 0 Å². The number of amides is 1. The third-order valence-corrected chi connectivity index (χ3v) is 6.42. The summed E-state index contributed by atoms with van der Waals surface area (Å²) in [6.07, 6.45) is 0. The molecule has 2 N–H and O–H groups in total. The summed E-state index contributed by atoms with van der Waals surface area (Å²) in [5.74, 6) is 0.469. The lowest BCUT2D eigenvalue weighted by molar-refractivity contribution is 0.0904. The van der Waals surface area contributed by atoms with Crippen LogP contribution in [0.1, 0.15) is 37.6 Å². The van der Waals surface area contributed by atoms with E-state index in [9.17, 15) is 9.59 Å². The lowest BCUT2D eigenvalue weighted by Crippen LogP contribution is -2.55. The summed E-state index contributed by atoms with van der Waals surface area (Å²) >= 11 is 0. The molecule has 4 aromatic carbocycles. The molecular formula is C31H22N2O3. The molecule has 5 heteroatoms. The van der Waals surface area contributed by atoms with Gasteiger partial charge in [0.2, 0.25) is 0 Å². The molecule has 0 bridgehead atoms. The second-order valence-electron chi connectivity index (χ2n) is 8.66. The quantitative estimate of drug-likeness (QED) is 0.299. The second-order valence-corrected chi connectivity index (χ2v) is 8.66. The van der Waals surface area contributed by atoms with Crippen molar-refractivity contribution >= 4 is 17.4 Å². The van der Waals surface area contributed by atoms with E-state index in [0.29, 0.717) is 33.9 Å². The summed E-state index contributed by atoms with van der Waals surface area (Å²) in [6, 6.07) is 37.3. The minimum absolute atomic E-state index is 0.157. The molecule has 1 amide bonds. The molecular weight excluding hydrogens is 448 g/mol. The first-order valence-electron chi connectivity index (χ1n) is 11.7. The number of rotatable bonds is 5. The zero-order chi connectivity index (χ0) is 24.5. The van der Waals surface area contributed by atoms with E-state index in [2.05, 4.69) is 10.6 Å². The molecule has 0 radical (unpaired) electrons. The first kappa shape index (κ1) is 21.6. The summed E-state index contributed by atoms with van der Waals surface area (Å²) in [4.78, 5) is 27.0. The average Bonchev–Trinajstić information content (AvgIpc) is 3.40. The number of nitrogens with one attached hydrogen (secondary N) is 2. The summed E-state index contributed by atoms with van der Waals surface area (Å²) in [5.41, 5.74) is 2.53. The van der Waals surface area contributed by atoms with Gasteiger partial charge in [-0.2, -0.15) is 0 Å². The average molecular weight is 471 g/mol. The first-order valence-corrected chi connectivity index (χ1v) is 11.7. The van der Waals surface area contributed by atoms with E-state index in [4.69, 9.17) is 4.42 Å².